The quantitative estimate of drug-likeness (QED) is 0.693. The van der Waals surface area contributed by atoms with Crippen molar-refractivity contribution in [1.82, 2.24) is 15.2 Å². The van der Waals surface area contributed by atoms with E-state index in [2.05, 4.69) is 10.3 Å². The third kappa shape index (κ3) is 4.96. The Morgan fingerprint density at radius 3 is 2.79 bits per heavy atom. The van der Waals surface area contributed by atoms with Crippen LogP contribution >= 0.6 is 11.3 Å². The number of halogens is 1. The van der Waals surface area contributed by atoms with Crippen molar-refractivity contribution in [3.05, 3.63) is 23.5 Å². The Balaban J connectivity index is 1.19. The van der Waals surface area contributed by atoms with Gasteiger partial charge in [-0.3, -0.25) is 0 Å². The standard InChI is InChI=1S/C20H26FN3O4S/c1-26-6-7-27-15-4-2-14(3-5-15)23-20(25)24-10-16(11-24)28-18-9-13(21)8-17-19(18)29-12-22-17/h8-9,12,14-16H,2-7,10-11H2,1H3,(H,23,25)/t14-,15-. The molecule has 1 N–H and O–H groups in total. The lowest BCUT2D eigenvalue weighted by molar-refractivity contribution is -0.00472. The van der Waals surface area contributed by atoms with Gasteiger partial charge in [0.1, 0.15) is 17.7 Å². The van der Waals surface area contributed by atoms with E-state index in [1.807, 2.05) is 0 Å². The van der Waals surface area contributed by atoms with E-state index in [9.17, 15) is 9.18 Å². The molecule has 158 valence electrons. The number of hydrogen-bond donors (Lipinski definition) is 1. The average Bonchev–Trinajstić information content (AvgIpc) is 3.14. The summed E-state index contributed by atoms with van der Waals surface area (Å²) in [6.45, 7) is 2.22. The van der Waals surface area contributed by atoms with E-state index in [0.717, 1.165) is 30.4 Å². The number of ether oxygens (including phenoxy) is 3. The van der Waals surface area contributed by atoms with E-state index in [1.54, 1.807) is 17.5 Å². The number of hydrogen-bond acceptors (Lipinski definition) is 6. The number of urea groups is 1. The molecule has 7 nitrogen and oxygen atoms in total. The number of benzene rings is 1. The second-order valence-corrected chi connectivity index (χ2v) is 8.39. The summed E-state index contributed by atoms with van der Waals surface area (Å²) in [7, 11) is 1.67. The van der Waals surface area contributed by atoms with Crippen LogP contribution in [0.4, 0.5) is 9.18 Å². The summed E-state index contributed by atoms with van der Waals surface area (Å²) in [6.07, 6.45) is 3.87. The molecule has 2 amide bonds. The third-order valence-corrected chi connectivity index (χ3v) is 6.29. The number of fused-ring (bicyclic) bond motifs is 1. The van der Waals surface area contributed by atoms with Gasteiger partial charge in [-0.2, -0.15) is 0 Å². The van der Waals surface area contributed by atoms with Crippen LogP contribution in [0.1, 0.15) is 25.7 Å². The summed E-state index contributed by atoms with van der Waals surface area (Å²) in [6, 6.07) is 2.91. The zero-order valence-corrected chi connectivity index (χ0v) is 17.3. The van der Waals surface area contributed by atoms with E-state index in [0.29, 0.717) is 37.6 Å². The number of methoxy groups -OCH3 is 1. The van der Waals surface area contributed by atoms with Gasteiger partial charge in [-0.1, -0.05) is 0 Å². The molecule has 0 atom stereocenters. The highest BCUT2D eigenvalue weighted by Crippen LogP contribution is 2.32. The topological polar surface area (TPSA) is 72.9 Å². The number of aromatic nitrogens is 1. The fraction of sp³-hybridized carbons (Fsp3) is 0.600. The molecule has 1 saturated carbocycles. The Labute approximate surface area is 173 Å². The Morgan fingerprint density at radius 2 is 2.03 bits per heavy atom. The lowest BCUT2D eigenvalue weighted by Gasteiger charge is -2.40. The van der Waals surface area contributed by atoms with E-state index in [-0.39, 0.29) is 30.1 Å². The first-order chi connectivity index (χ1) is 14.1. The van der Waals surface area contributed by atoms with Gasteiger partial charge in [0.05, 0.1) is 48.1 Å². The first-order valence-corrected chi connectivity index (χ1v) is 10.9. The maximum Gasteiger partial charge on any atom is 0.317 e. The van der Waals surface area contributed by atoms with E-state index in [4.69, 9.17) is 14.2 Å². The lowest BCUT2D eigenvalue weighted by Crippen LogP contribution is -2.60. The van der Waals surface area contributed by atoms with Crippen molar-refractivity contribution in [3.8, 4) is 5.75 Å². The molecule has 0 unspecified atom stereocenters. The number of nitrogens with zero attached hydrogens (tertiary/aromatic N) is 2. The Kier molecular flexibility index (Phi) is 6.46. The zero-order chi connectivity index (χ0) is 20.2. The monoisotopic (exact) mass is 423 g/mol. The molecule has 2 aliphatic rings. The molecule has 2 heterocycles. The van der Waals surface area contributed by atoms with Gasteiger partial charge in [-0.05, 0) is 25.7 Å². The number of carbonyl (C=O) groups excluding carboxylic acids is 1. The summed E-state index contributed by atoms with van der Waals surface area (Å²) in [5, 5.41) is 3.11. The van der Waals surface area contributed by atoms with Crippen molar-refractivity contribution in [2.75, 3.05) is 33.4 Å². The SMILES string of the molecule is COCCO[C@H]1CC[C@H](NC(=O)N2CC(Oc3cc(F)cc4ncsc34)C2)CC1. The highest BCUT2D eigenvalue weighted by atomic mass is 32.1. The van der Waals surface area contributed by atoms with Crippen LogP contribution in [0.3, 0.4) is 0 Å². The van der Waals surface area contributed by atoms with Crippen LogP contribution in [0.5, 0.6) is 5.75 Å². The van der Waals surface area contributed by atoms with Crippen LogP contribution in [0.15, 0.2) is 17.6 Å². The van der Waals surface area contributed by atoms with Gasteiger partial charge in [-0.25, -0.2) is 14.2 Å². The van der Waals surface area contributed by atoms with Gasteiger partial charge >= 0.3 is 6.03 Å². The van der Waals surface area contributed by atoms with E-state index < -0.39 is 0 Å². The number of nitrogens with one attached hydrogen (secondary N) is 1. The minimum absolute atomic E-state index is 0.0595. The van der Waals surface area contributed by atoms with Crippen molar-refractivity contribution in [2.24, 2.45) is 0 Å². The van der Waals surface area contributed by atoms with Gasteiger partial charge in [0.25, 0.3) is 0 Å². The van der Waals surface area contributed by atoms with Gasteiger partial charge in [0.15, 0.2) is 0 Å². The summed E-state index contributed by atoms with van der Waals surface area (Å²) < 4.78 is 31.2. The Bertz CT molecular complexity index is 834. The van der Waals surface area contributed by atoms with Gasteiger partial charge in [0, 0.05) is 25.3 Å². The second-order valence-electron chi connectivity index (χ2n) is 7.54. The van der Waals surface area contributed by atoms with Crippen molar-refractivity contribution in [2.45, 2.75) is 43.9 Å². The summed E-state index contributed by atoms with van der Waals surface area (Å²) in [5.41, 5.74) is 2.27. The largest absolute Gasteiger partial charge is 0.485 e. The molecular weight excluding hydrogens is 397 g/mol. The predicted molar refractivity (Wildman–Crippen MR) is 108 cm³/mol. The summed E-state index contributed by atoms with van der Waals surface area (Å²) >= 11 is 1.42. The minimum Gasteiger partial charge on any atom is -0.485 e. The van der Waals surface area contributed by atoms with Crippen LogP contribution in [0.25, 0.3) is 10.2 Å². The number of thiazole rings is 1. The number of rotatable bonds is 7. The van der Waals surface area contributed by atoms with Crippen molar-refractivity contribution >= 4 is 27.6 Å². The molecule has 0 bridgehead atoms. The maximum absolute atomic E-state index is 13.7. The Hall–Kier alpha value is -1.97. The third-order valence-electron chi connectivity index (χ3n) is 5.43. The number of amides is 2. The highest BCUT2D eigenvalue weighted by molar-refractivity contribution is 7.17. The van der Waals surface area contributed by atoms with Crippen LogP contribution in [0.2, 0.25) is 0 Å². The molecule has 2 fully saturated rings. The van der Waals surface area contributed by atoms with Crippen molar-refractivity contribution < 1.29 is 23.4 Å². The predicted octanol–water partition coefficient (Wildman–Crippen LogP) is 3.18. The average molecular weight is 424 g/mol. The second kappa shape index (κ2) is 9.23. The number of likely N-dealkylation sites (tertiary alicyclic amines) is 1. The molecule has 0 spiro atoms. The highest BCUT2D eigenvalue weighted by Gasteiger charge is 2.34. The zero-order valence-electron chi connectivity index (χ0n) is 16.4. The van der Waals surface area contributed by atoms with E-state index >= 15 is 0 Å². The van der Waals surface area contributed by atoms with Crippen LogP contribution in [-0.2, 0) is 9.47 Å². The van der Waals surface area contributed by atoms with Crippen LogP contribution in [0, 0.1) is 5.82 Å². The van der Waals surface area contributed by atoms with Crippen molar-refractivity contribution in [3.63, 3.8) is 0 Å². The van der Waals surface area contributed by atoms with Crippen LogP contribution < -0.4 is 10.1 Å². The Morgan fingerprint density at radius 1 is 1.24 bits per heavy atom. The molecule has 1 aromatic heterocycles. The fourth-order valence-electron chi connectivity index (χ4n) is 3.79. The van der Waals surface area contributed by atoms with E-state index in [1.165, 1.54) is 23.5 Å². The first kappa shape index (κ1) is 20.3. The molecule has 29 heavy (non-hydrogen) atoms. The molecule has 1 aliphatic heterocycles. The maximum atomic E-state index is 13.7. The molecule has 2 aromatic rings. The number of carbonyl (C=O) groups is 1. The van der Waals surface area contributed by atoms with Gasteiger partial charge in [-0.15, -0.1) is 11.3 Å². The molecule has 4 rings (SSSR count). The lowest BCUT2D eigenvalue weighted by atomic mass is 9.93. The normalized spacial score (nSPS) is 22.5. The molecule has 1 saturated heterocycles. The minimum atomic E-state index is -0.367. The van der Waals surface area contributed by atoms with Crippen LogP contribution in [-0.4, -0.2) is 67.6 Å². The van der Waals surface area contributed by atoms with Crippen molar-refractivity contribution in [1.29, 1.82) is 0 Å². The smallest absolute Gasteiger partial charge is 0.317 e. The molecule has 9 heteroatoms. The summed E-state index contributed by atoms with van der Waals surface area (Å²) in [5.74, 6) is 0.133. The summed E-state index contributed by atoms with van der Waals surface area (Å²) in [4.78, 5) is 18.3. The first-order valence-electron chi connectivity index (χ1n) is 9.97. The fourth-order valence-corrected chi connectivity index (χ4v) is 4.52. The van der Waals surface area contributed by atoms with Gasteiger partial charge in [0.2, 0.25) is 0 Å². The van der Waals surface area contributed by atoms with Gasteiger partial charge < -0.3 is 24.4 Å². The molecular formula is C20H26FN3O4S. The molecule has 0 radical (unpaired) electrons. The molecule has 1 aliphatic carbocycles. The molecule has 1 aromatic carbocycles.